The minimum absolute atomic E-state index is 0.00329. The molecule has 1 heterocycles. The Morgan fingerprint density at radius 3 is 2.42 bits per heavy atom. The number of ether oxygens (including phenoxy) is 1. The number of rotatable bonds is 6. The van der Waals surface area contributed by atoms with Crippen LogP contribution in [0.15, 0.2) is 70.7 Å². The van der Waals surface area contributed by atoms with Crippen LogP contribution in [0.2, 0.25) is 0 Å². The lowest BCUT2D eigenvalue weighted by Crippen LogP contribution is -2.54. The van der Waals surface area contributed by atoms with Gasteiger partial charge in [0.05, 0.1) is 15.1 Å². The topological polar surface area (TPSA) is 119 Å². The monoisotopic (exact) mass is 549 g/mol. The first kappa shape index (κ1) is 24.8. The largest absolute Gasteiger partial charge is 0.488 e. The predicted octanol–water partition coefficient (Wildman–Crippen LogP) is 5.22. The summed E-state index contributed by atoms with van der Waals surface area (Å²) >= 11 is 3.43. The van der Waals surface area contributed by atoms with Crippen LogP contribution in [0.4, 0.5) is 16.2 Å². The molecule has 1 N–H and O–H groups in total. The highest BCUT2D eigenvalue weighted by molar-refractivity contribution is 9.10. The SMILES string of the molecule is Cc1ccc(C)c(N2C(=O)NC(=O)/C(=C\c3ccc(OCc4ccc([N+](=O)[O-])cc4)c(Br)c3)C2=O)c1. The molecule has 1 aliphatic rings. The second-order valence-electron chi connectivity index (χ2n) is 8.15. The highest BCUT2D eigenvalue weighted by Gasteiger charge is 2.37. The van der Waals surface area contributed by atoms with Crippen LogP contribution in [-0.2, 0) is 16.2 Å². The van der Waals surface area contributed by atoms with Gasteiger partial charge in [-0.1, -0.05) is 18.2 Å². The van der Waals surface area contributed by atoms with Gasteiger partial charge in [0.1, 0.15) is 17.9 Å². The highest BCUT2D eigenvalue weighted by atomic mass is 79.9. The van der Waals surface area contributed by atoms with Crippen molar-refractivity contribution >= 4 is 51.2 Å². The van der Waals surface area contributed by atoms with Crippen molar-refractivity contribution in [1.29, 1.82) is 0 Å². The molecule has 1 aliphatic heterocycles. The molecular weight excluding hydrogens is 530 g/mol. The molecule has 0 aliphatic carbocycles. The quantitative estimate of drug-likeness (QED) is 0.195. The van der Waals surface area contributed by atoms with Gasteiger partial charge in [-0.05, 0) is 88.4 Å². The van der Waals surface area contributed by atoms with E-state index < -0.39 is 22.8 Å². The number of carbonyl (C=O) groups is 3. The van der Waals surface area contributed by atoms with Gasteiger partial charge in [-0.3, -0.25) is 25.0 Å². The summed E-state index contributed by atoms with van der Waals surface area (Å²) in [5.41, 5.74) is 3.10. The first-order chi connectivity index (χ1) is 17.1. The summed E-state index contributed by atoms with van der Waals surface area (Å²) in [4.78, 5) is 49.5. The minimum Gasteiger partial charge on any atom is -0.488 e. The highest BCUT2D eigenvalue weighted by Crippen LogP contribution is 2.30. The van der Waals surface area contributed by atoms with Crippen LogP contribution in [0, 0.1) is 24.0 Å². The fourth-order valence-corrected chi connectivity index (χ4v) is 4.11. The van der Waals surface area contributed by atoms with E-state index in [-0.39, 0.29) is 17.9 Å². The molecule has 0 radical (unpaired) electrons. The van der Waals surface area contributed by atoms with Gasteiger partial charge < -0.3 is 4.74 Å². The number of nitro benzene ring substituents is 1. The van der Waals surface area contributed by atoms with E-state index in [0.29, 0.717) is 21.5 Å². The van der Waals surface area contributed by atoms with Crippen LogP contribution < -0.4 is 15.0 Å². The molecule has 3 aromatic carbocycles. The van der Waals surface area contributed by atoms with E-state index in [2.05, 4.69) is 21.2 Å². The maximum atomic E-state index is 13.2. The van der Waals surface area contributed by atoms with Crippen molar-refractivity contribution in [3.8, 4) is 5.75 Å². The molecule has 36 heavy (non-hydrogen) atoms. The van der Waals surface area contributed by atoms with Crippen LogP contribution in [0.25, 0.3) is 6.08 Å². The lowest BCUT2D eigenvalue weighted by molar-refractivity contribution is -0.384. The van der Waals surface area contributed by atoms with E-state index in [0.717, 1.165) is 21.6 Å². The number of hydrogen-bond donors (Lipinski definition) is 1. The number of hydrogen-bond acceptors (Lipinski definition) is 6. The van der Waals surface area contributed by atoms with E-state index in [1.807, 2.05) is 13.0 Å². The zero-order valence-corrected chi connectivity index (χ0v) is 20.9. The van der Waals surface area contributed by atoms with Crippen molar-refractivity contribution in [3.05, 3.63) is 103 Å². The third-order valence-electron chi connectivity index (χ3n) is 5.52. The average molecular weight is 550 g/mol. The summed E-state index contributed by atoms with van der Waals surface area (Å²) in [6.45, 7) is 3.81. The normalized spacial score (nSPS) is 14.7. The molecule has 1 saturated heterocycles. The molecular formula is C26H20BrN3O6. The molecule has 0 bridgehead atoms. The number of nitrogens with zero attached hydrogens (tertiary/aromatic N) is 2. The lowest BCUT2D eigenvalue weighted by Gasteiger charge is -2.27. The number of barbiturate groups is 1. The van der Waals surface area contributed by atoms with Gasteiger partial charge in [0, 0.05) is 12.1 Å². The number of non-ortho nitro benzene ring substituents is 1. The lowest BCUT2D eigenvalue weighted by atomic mass is 10.0. The zero-order chi connectivity index (χ0) is 26.0. The third-order valence-corrected chi connectivity index (χ3v) is 6.14. The third kappa shape index (κ3) is 5.18. The Morgan fingerprint density at radius 2 is 1.75 bits per heavy atom. The van der Waals surface area contributed by atoms with Gasteiger partial charge >= 0.3 is 6.03 Å². The van der Waals surface area contributed by atoms with Crippen molar-refractivity contribution in [2.75, 3.05) is 4.90 Å². The van der Waals surface area contributed by atoms with Gasteiger partial charge in [0.25, 0.3) is 17.5 Å². The summed E-state index contributed by atoms with van der Waals surface area (Å²) < 4.78 is 6.36. The Kier molecular flexibility index (Phi) is 6.98. The fraction of sp³-hybridized carbons (Fsp3) is 0.115. The van der Waals surface area contributed by atoms with E-state index in [9.17, 15) is 24.5 Å². The number of halogens is 1. The Balaban J connectivity index is 1.55. The number of imide groups is 2. The van der Waals surface area contributed by atoms with Crippen LogP contribution in [0.3, 0.4) is 0 Å². The molecule has 4 rings (SSSR count). The summed E-state index contributed by atoms with van der Waals surface area (Å²) in [5.74, 6) is -0.990. The van der Waals surface area contributed by atoms with Gasteiger partial charge in [-0.25, -0.2) is 9.69 Å². The first-order valence-electron chi connectivity index (χ1n) is 10.8. The van der Waals surface area contributed by atoms with Crippen molar-refractivity contribution in [2.45, 2.75) is 20.5 Å². The average Bonchev–Trinajstić information content (AvgIpc) is 2.83. The molecule has 4 amide bonds. The number of anilines is 1. The molecule has 1 fully saturated rings. The van der Waals surface area contributed by atoms with E-state index in [4.69, 9.17) is 4.74 Å². The molecule has 0 spiro atoms. The summed E-state index contributed by atoms with van der Waals surface area (Å²) in [6, 6.07) is 15.6. The van der Waals surface area contributed by atoms with E-state index in [1.165, 1.54) is 18.2 Å². The Bertz CT molecular complexity index is 1430. The smallest absolute Gasteiger partial charge is 0.335 e. The number of benzene rings is 3. The van der Waals surface area contributed by atoms with Gasteiger partial charge in [-0.2, -0.15) is 0 Å². The first-order valence-corrected chi connectivity index (χ1v) is 11.6. The molecule has 0 saturated carbocycles. The van der Waals surface area contributed by atoms with E-state index >= 15 is 0 Å². The van der Waals surface area contributed by atoms with Gasteiger partial charge in [0.2, 0.25) is 0 Å². The van der Waals surface area contributed by atoms with Crippen molar-refractivity contribution in [2.24, 2.45) is 0 Å². The number of nitrogens with one attached hydrogen (secondary N) is 1. The minimum atomic E-state index is -0.799. The number of aryl methyl sites for hydroxylation is 2. The standard InChI is InChI=1S/C26H20BrN3O6/c1-15-3-4-16(2)22(11-15)29-25(32)20(24(31)28-26(29)33)12-18-7-10-23(21(27)13-18)36-14-17-5-8-19(9-6-17)30(34)35/h3-13H,14H2,1-2H3,(H,28,31,33)/b20-12+. The molecule has 10 heteroatoms. The van der Waals surface area contributed by atoms with Crippen LogP contribution in [0.5, 0.6) is 5.75 Å². The van der Waals surface area contributed by atoms with Gasteiger partial charge in [-0.15, -0.1) is 0 Å². The van der Waals surface area contributed by atoms with Crippen molar-refractivity contribution in [3.63, 3.8) is 0 Å². The molecule has 0 atom stereocenters. The Labute approximate surface area is 214 Å². The fourth-order valence-electron chi connectivity index (χ4n) is 3.60. The van der Waals surface area contributed by atoms with Crippen LogP contribution >= 0.6 is 15.9 Å². The van der Waals surface area contributed by atoms with Crippen molar-refractivity contribution < 1.29 is 24.0 Å². The van der Waals surface area contributed by atoms with Crippen molar-refractivity contribution in [1.82, 2.24) is 5.32 Å². The molecule has 3 aromatic rings. The number of nitro groups is 1. The summed E-state index contributed by atoms with van der Waals surface area (Å²) in [7, 11) is 0. The maximum Gasteiger partial charge on any atom is 0.335 e. The van der Waals surface area contributed by atoms with Gasteiger partial charge in [0.15, 0.2) is 0 Å². The summed E-state index contributed by atoms with van der Waals surface area (Å²) in [5, 5.41) is 13.0. The molecule has 182 valence electrons. The second-order valence-corrected chi connectivity index (χ2v) is 9.00. The molecule has 0 unspecified atom stereocenters. The van der Waals surface area contributed by atoms with Crippen LogP contribution in [-0.4, -0.2) is 22.8 Å². The maximum absolute atomic E-state index is 13.2. The number of urea groups is 1. The number of carbonyl (C=O) groups excluding carboxylic acids is 3. The van der Waals surface area contributed by atoms with E-state index in [1.54, 1.807) is 49.4 Å². The molecule has 0 aromatic heterocycles. The Hall–Kier alpha value is -4.31. The predicted molar refractivity (Wildman–Crippen MR) is 136 cm³/mol. The zero-order valence-electron chi connectivity index (χ0n) is 19.3. The second kappa shape index (κ2) is 10.1. The Morgan fingerprint density at radius 1 is 1.03 bits per heavy atom. The molecule has 9 nitrogen and oxygen atoms in total. The number of amides is 4. The summed E-state index contributed by atoms with van der Waals surface area (Å²) in [6.07, 6.45) is 1.41. The van der Waals surface area contributed by atoms with Crippen LogP contribution in [0.1, 0.15) is 22.3 Å².